The standard InChI is InChI=1S/C26H30ClN5S/c1-5-8-18-9-10-24(33-11-6-2)21(12-18)26-20-14-22(27)19(15-28)13-23(20)32-17(4)30-31(7-3)25(32)16-29-26/h9-10,12-14,25H,5-8,11,16H2,1-4H3/p+1. The van der Waals surface area contributed by atoms with Crippen LogP contribution in [0.25, 0.3) is 0 Å². The van der Waals surface area contributed by atoms with Crippen molar-refractivity contribution in [3.8, 4) is 6.07 Å². The maximum atomic E-state index is 9.70. The van der Waals surface area contributed by atoms with Gasteiger partial charge in [-0.05, 0) is 49.3 Å². The summed E-state index contributed by atoms with van der Waals surface area (Å²) in [7, 11) is 0. The Labute approximate surface area is 206 Å². The third-order valence-electron chi connectivity index (χ3n) is 6.10. The summed E-state index contributed by atoms with van der Waals surface area (Å²) < 4.78 is 2.27. The van der Waals surface area contributed by atoms with Crippen molar-refractivity contribution in [1.82, 2.24) is 10.4 Å². The van der Waals surface area contributed by atoms with Crippen molar-refractivity contribution in [1.29, 1.82) is 5.26 Å². The summed E-state index contributed by atoms with van der Waals surface area (Å²) in [5.74, 6) is 2.09. The van der Waals surface area contributed by atoms with E-state index in [1.165, 1.54) is 10.5 Å². The molecule has 0 fully saturated rings. The van der Waals surface area contributed by atoms with Gasteiger partial charge < -0.3 is 0 Å². The van der Waals surface area contributed by atoms with Crippen molar-refractivity contribution >= 4 is 40.6 Å². The Kier molecular flexibility index (Phi) is 7.43. The first kappa shape index (κ1) is 23.8. The number of hydrazine groups is 1. The summed E-state index contributed by atoms with van der Waals surface area (Å²) in [6.45, 7) is 10.1. The molecule has 33 heavy (non-hydrogen) atoms. The fourth-order valence-corrected chi connectivity index (χ4v) is 5.68. The highest BCUT2D eigenvalue weighted by molar-refractivity contribution is 7.99. The molecule has 2 aromatic rings. The van der Waals surface area contributed by atoms with Gasteiger partial charge in [0.2, 0.25) is 6.17 Å². The Morgan fingerprint density at radius 1 is 1.21 bits per heavy atom. The van der Waals surface area contributed by atoms with Crippen LogP contribution < -0.4 is 5.43 Å². The topological polar surface area (TPSA) is 54.4 Å². The average molecular weight is 481 g/mol. The SMILES string of the molecule is CCCSc1ccc(CCC)cc1C1=NCC2N(CC)NC(C)=[N+]2c2cc(C#N)c(Cl)cc21. The first-order valence-electron chi connectivity index (χ1n) is 11.7. The Bertz CT molecular complexity index is 1160. The number of nitriles is 1. The predicted molar refractivity (Wildman–Crippen MR) is 138 cm³/mol. The first-order valence-corrected chi connectivity index (χ1v) is 13.1. The summed E-state index contributed by atoms with van der Waals surface area (Å²) in [6.07, 6.45) is 3.30. The quantitative estimate of drug-likeness (QED) is 0.405. The number of benzene rings is 2. The van der Waals surface area contributed by atoms with Gasteiger partial charge in [-0.1, -0.05) is 37.9 Å². The van der Waals surface area contributed by atoms with Crippen molar-refractivity contribution in [2.75, 3.05) is 18.8 Å². The van der Waals surface area contributed by atoms with Crippen LogP contribution in [-0.4, -0.2) is 46.1 Å². The van der Waals surface area contributed by atoms with Crippen molar-refractivity contribution in [3.63, 3.8) is 0 Å². The lowest BCUT2D eigenvalue weighted by Gasteiger charge is -2.17. The molecule has 0 amide bonds. The third-order valence-corrected chi connectivity index (χ3v) is 7.69. The minimum Gasteiger partial charge on any atom is -0.278 e. The molecule has 4 rings (SSSR count). The molecule has 0 aromatic heterocycles. The van der Waals surface area contributed by atoms with Gasteiger partial charge in [0.15, 0.2) is 0 Å². The number of aryl methyl sites for hydroxylation is 1. The van der Waals surface area contributed by atoms with Gasteiger partial charge in [0.1, 0.15) is 11.8 Å². The Hall–Kier alpha value is -2.33. The largest absolute Gasteiger partial charge is 0.278 e. The van der Waals surface area contributed by atoms with E-state index in [2.05, 4.69) is 67.0 Å². The molecule has 1 unspecified atom stereocenters. The Morgan fingerprint density at radius 3 is 2.73 bits per heavy atom. The molecule has 172 valence electrons. The second-order valence-electron chi connectivity index (χ2n) is 8.41. The van der Waals surface area contributed by atoms with Crippen molar-refractivity contribution in [3.05, 3.63) is 57.6 Å². The summed E-state index contributed by atoms with van der Waals surface area (Å²) in [5, 5.41) is 12.4. The molecule has 2 aliphatic heterocycles. The monoisotopic (exact) mass is 480 g/mol. The molecule has 2 heterocycles. The second kappa shape index (κ2) is 10.3. The van der Waals surface area contributed by atoms with Crippen molar-refractivity contribution < 1.29 is 4.58 Å². The number of hydrogen-bond donors (Lipinski definition) is 1. The maximum absolute atomic E-state index is 9.70. The van der Waals surface area contributed by atoms with E-state index in [9.17, 15) is 5.26 Å². The first-order chi connectivity index (χ1) is 16.0. The normalized spacial score (nSPS) is 17.7. The number of aliphatic imine (C=N–C) groups is 1. The maximum Gasteiger partial charge on any atom is 0.266 e. The number of hydrogen-bond acceptors (Lipinski definition) is 5. The van der Waals surface area contributed by atoms with Crippen LogP contribution in [0.4, 0.5) is 5.69 Å². The van der Waals surface area contributed by atoms with Crippen molar-refractivity contribution in [2.45, 2.75) is 58.0 Å². The molecule has 0 saturated heterocycles. The molecule has 1 atom stereocenters. The van der Waals surface area contributed by atoms with E-state index in [1.807, 2.05) is 23.9 Å². The fourth-order valence-electron chi connectivity index (χ4n) is 4.58. The minimum atomic E-state index is 0.0459. The molecular weight excluding hydrogens is 450 g/mol. The highest BCUT2D eigenvalue weighted by Gasteiger charge is 2.41. The van der Waals surface area contributed by atoms with E-state index in [0.29, 0.717) is 17.1 Å². The van der Waals surface area contributed by atoms with Crippen molar-refractivity contribution in [2.24, 2.45) is 4.99 Å². The van der Waals surface area contributed by atoms with Gasteiger partial charge in [-0.15, -0.1) is 16.8 Å². The lowest BCUT2D eigenvalue weighted by Crippen LogP contribution is -2.43. The molecule has 0 aliphatic carbocycles. The van der Waals surface area contributed by atoms with Crippen LogP contribution in [0, 0.1) is 11.3 Å². The number of amidine groups is 1. The number of nitrogens with zero attached hydrogens (tertiary/aromatic N) is 4. The van der Waals surface area contributed by atoms with Crippen LogP contribution in [0.2, 0.25) is 5.02 Å². The van der Waals surface area contributed by atoms with Crippen LogP contribution in [0.5, 0.6) is 0 Å². The molecule has 2 aromatic carbocycles. The summed E-state index contributed by atoms with van der Waals surface area (Å²) >= 11 is 8.45. The van der Waals surface area contributed by atoms with Gasteiger partial charge in [0.05, 0.1) is 22.8 Å². The minimum absolute atomic E-state index is 0.0459. The average Bonchev–Trinajstić information content (AvgIpc) is 3.04. The highest BCUT2D eigenvalue weighted by atomic mass is 35.5. The number of likely N-dealkylation sites (N-methyl/N-ethyl adjacent to an activating group) is 1. The molecule has 5 nitrogen and oxygen atoms in total. The molecule has 0 saturated carbocycles. The summed E-state index contributed by atoms with van der Waals surface area (Å²) in [6, 6.07) is 12.9. The Balaban J connectivity index is 1.96. The van der Waals surface area contributed by atoms with E-state index < -0.39 is 0 Å². The van der Waals surface area contributed by atoms with Crippen LogP contribution in [0.1, 0.15) is 62.8 Å². The van der Waals surface area contributed by atoms with Crippen LogP contribution in [-0.2, 0) is 6.42 Å². The van der Waals surface area contributed by atoms with Crippen LogP contribution >= 0.6 is 23.4 Å². The number of rotatable bonds is 7. The highest BCUT2D eigenvalue weighted by Crippen LogP contribution is 2.36. The van der Waals surface area contributed by atoms with Crippen LogP contribution in [0.15, 0.2) is 40.2 Å². The molecule has 2 aliphatic rings. The lowest BCUT2D eigenvalue weighted by atomic mass is 9.96. The number of halogens is 1. The van der Waals surface area contributed by atoms with E-state index in [4.69, 9.17) is 16.6 Å². The molecule has 0 spiro atoms. The zero-order chi connectivity index (χ0) is 23.5. The lowest BCUT2D eigenvalue weighted by molar-refractivity contribution is -0.496. The molecule has 1 N–H and O–H groups in total. The van der Waals surface area contributed by atoms with E-state index in [0.717, 1.165) is 59.9 Å². The number of nitrogens with one attached hydrogen (secondary N) is 1. The van der Waals surface area contributed by atoms with E-state index >= 15 is 0 Å². The van der Waals surface area contributed by atoms with Gasteiger partial charge in [-0.2, -0.15) is 10.7 Å². The van der Waals surface area contributed by atoms with Gasteiger partial charge in [0.25, 0.3) is 5.84 Å². The summed E-state index contributed by atoms with van der Waals surface area (Å²) in [4.78, 5) is 6.45. The molecule has 0 radical (unpaired) electrons. The zero-order valence-electron chi connectivity index (χ0n) is 19.8. The van der Waals surface area contributed by atoms with Gasteiger partial charge in [0, 0.05) is 35.6 Å². The van der Waals surface area contributed by atoms with Crippen LogP contribution in [0.3, 0.4) is 0 Å². The van der Waals surface area contributed by atoms with Gasteiger partial charge in [-0.3, -0.25) is 4.99 Å². The van der Waals surface area contributed by atoms with Gasteiger partial charge in [-0.25, -0.2) is 4.58 Å². The predicted octanol–water partition coefficient (Wildman–Crippen LogP) is 5.75. The smallest absolute Gasteiger partial charge is 0.266 e. The van der Waals surface area contributed by atoms with E-state index in [1.54, 1.807) is 0 Å². The molecular formula is C26H31ClN5S+. The summed E-state index contributed by atoms with van der Waals surface area (Å²) in [5.41, 5.74) is 9.36. The van der Waals surface area contributed by atoms with Gasteiger partial charge >= 0.3 is 0 Å². The second-order valence-corrected chi connectivity index (χ2v) is 9.96. The van der Waals surface area contributed by atoms with E-state index in [-0.39, 0.29) is 6.17 Å². The third kappa shape index (κ3) is 4.55. The Morgan fingerprint density at radius 2 is 2.03 bits per heavy atom. The molecule has 7 heteroatoms. The number of thioether (sulfide) groups is 1. The number of fused-ring (bicyclic) bond motifs is 3. The fraction of sp³-hybridized carbons (Fsp3) is 0.423. The molecule has 0 bridgehead atoms. The zero-order valence-corrected chi connectivity index (χ0v) is 21.4.